The van der Waals surface area contributed by atoms with Gasteiger partial charge in [0, 0.05) is 5.39 Å². The molecule has 18 heavy (non-hydrogen) atoms. The lowest BCUT2D eigenvalue weighted by Gasteiger charge is -2.10. The minimum atomic E-state index is 0.905. The van der Waals surface area contributed by atoms with Crippen LogP contribution in [0.5, 0.6) is 11.5 Å². The van der Waals surface area contributed by atoms with Crippen molar-refractivity contribution in [2.24, 2.45) is 0 Å². The van der Waals surface area contributed by atoms with Crippen LogP contribution in [0.1, 0.15) is 5.56 Å². The largest absolute Gasteiger partial charge is 0.456 e. The highest BCUT2D eigenvalue weighted by Crippen LogP contribution is 2.31. The van der Waals surface area contributed by atoms with Crippen molar-refractivity contribution in [1.82, 2.24) is 0 Å². The fourth-order valence-corrected chi connectivity index (χ4v) is 2.07. The summed E-state index contributed by atoms with van der Waals surface area (Å²) in [6, 6.07) is 22.5. The van der Waals surface area contributed by atoms with E-state index in [1.807, 2.05) is 42.5 Å². The van der Waals surface area contributed by atoms with E-state index in [4.69, 9.17) is 4.74 Å². The predicted octanol–water partition coefficient (Wildman–Crippen LogP) is 4.94. The van der Waals surface area contributed by atoms with Crippen LogP contribution < -0.4 is 4.74 Å². The normalized spacial score (nSPS) is 10.5. The number of ether oxygens (including phenoxy) is 1. The second kappa shape index (κ2) is 4.53. The Morgan fingerprint density at radius 3 is 2.22 bits per heavy atom. The van der Waals surface area contributed by atoms with Crippen LogP contribution in [0, 0.1) is 6.92 Å². The summed E-state index contributed by atoms with van der Waals surface area (Å²) in [4.78, 5) is 0. The number of hydrogen-bond donors (Lipinski definition) is 0. The van der Waals surface area contributed by atoms with E-state index in [1.54, 1.807) is 0 Å². The van der Waals surface area contributed by atoms with Crippen LogP contribution in [0.4, 0.5) is 0 Å². The van der Waals surface area contributed by atoms with Gasteiger partial charge < -0.3 is 4.74 Å². The van der Waals surface area contributed by atoms with E-state index in [0.29, 0.717) is 0 Å². The second-order valence-corrected chi connectivity index (χ2v) is 4.34. The highest BCUT2D eigenvalue weighted by atomic mass is 16.5. The Kier molecular flexibility index (Phi) is 2.73. The molecule has 0 aliphatic heterocycles. The van der Waals surface area contributed by atoms with E-state index < -0.39 is 0 Å². The van der Waals surface area contributed by atoms with Crippen LogP contribution >= 0.6 is 0 Å². The summed E-state index contributed by atoms with van der Waals surface area (Å²) < 4.78 is 6.02. The first-order valence-corrected chi connectivity index (χ1v) is 6.06. The van der Waals surface area contributed by atoms with Gasteiger partial charge in [-0.1, -0.05) is 54.6 Å². The van der Waals surface area contributed by atoms with Gasteiger partial charge in [0.2, 0.25) is 0 Å². The van der Waals surface area contributed by atoms with Crippen molar-refractivity contribution in [3.8, 4) is 11.5 Å². The molecule has 3 aromatic carbocycles. The van der Waals surface area contributed by atoms with E-state index in [2.05, 4.69) is 31.2 Å². The molecule has 0 amide bonds. The molecule has 0 N–H and O–H groups in total. The first-order valence-electron chi connectivity index (χ1n) is 6.06. The van der Waals surface area contributed by atoms with Crippen LogP contribution in [0.2, 0.25) is 0 Å². The standard InChI is InChI=1S/C17H14O/c1-13-7-2-5-11-16(13)18-17-12-6-9-14-8-3-4-10-15(14)17/h2-12H,1H3. The molecule has 0 aliphatic carbocycles. The molecule has 1 heteroatoms. The van der Waals surface area contributed by atoms with Gasteiger partial charge in [0.25, 0.3) is 0 Å². The van der Waals surface area contributed by atoms with Crippen molar-refractivity contribution in [1.29, 1.82) is 0 Å². The third kappa shape index (κ3) is 1.95. The molecule has 0 heterocycles. The molecule has 0 unspecified atom stereocenters. The molecule has 0 aromatic heterocycles. The summed E-state index contributed by atoms with van der Waals surface area (Å²) in [5.74, 6) is 1.82. The van der Waals surface area contributed by atoms with Crippen LogP contribution in [-0.2, 0) is 0 Å². The highest BCUT2D eigenvalue weighted by molar-refractivity contribution is 5.88. The molecule has 0 radical (unpaired) electrons. The Labute approximate surface area is 107 Å². The van der Waals surface area contributed by atoms with Crippen molar-refractivity contribution in [3.63, 3.8) is 0 Å². The zero-order valence-corrected chi connectivity index (χ0v) is 10.3. The quantitative estimate of drug-likeness (QED) is 0.610. The molecule has 88 valence electrons. The average molecular weight is 234 g/mol. The monoisotopic (exact) mass is 234 g/mol. The minimum Gasteiger partial charge on any atom is -0.456 e. The summed E-state index contributed by atoms with van der Waals surface area (Å²) in [6.07, 6.45) is 0. The maximum absolute atomic E-state index is 6.02. The first-order chi connectivity index (χ1) is 8.84. The Balaban J connectivity index is 2.08. The molecule has 0 bridgehead atoms. The van der Waals surface area contributed by atoms with Crippen LogP contribution in [0.15, 0.2) is 66.7 Å². The van der Waals surface area contributed by atoms with Crippen molar-refractivity contribution in [2.75, 3.05) is 0 Å². The average Bonchev–Trinajstić information content (AvgIpc) is 2.42. The van der Waals surface area contributed by atoms with Crippen LogP contribution in [0.25, 0.3) is 10.8 Å². The van der Waals surface area contributed by atoms with E-state index >= 15 is 0 Å². The molecule has 0 atom stereocenters. The molecule has 0 aliphatic rings. The van der Waals surface area contributed by atoms with Gasteiger partial charge in [-0.3, -0.25) is 0 Å². The maximum atomic E-state index is 6.02. The topological polar surface area (TPSA) is 9.23 Å². The molecule has 0 saturated carbocycles. The molecular weight excluding hydrogens is 220 g/mol. The molecule has 0 fully saturated rings. The van der Waals surface area contributed by atoms with Crippen LogP contribution in [0.3, 0.4) is 0 Å². The Morgan fingerprint density at radius 2 is 1.33 bits per heavy atom. The van der Waals surface area contributed by atoms with Crippen molar-refractivity contribution < 1.29 is 4.74 Å². The van der Waals surface area contributed by atoms with Gasteiger partial charge in [0.05, 0.1) is 0 Å². The first kappa shape index (κ1) is 10.8. The molecule has 1 nitrogen and oxygen atoms in total. The zero-order chi connectivity index (χ0) is 12.4. The third-order valence-corrected chi connectivity index (χ3v) is 3.06. The highest BCUT2D eigenvalue weighted by Gasteiger charge is 2.04. The van der Waals surface area contributed by atoms with Gasteiger partial charge in [0.15, 0.2) is 0 Å². The fraction of sp³-hybridized carbons (Fsp3) is 0.0588. The number of aryl methyl sites for hydroxylation is 1. The fourth-order valence-electron chi connectivity index (χ4n) is 2.07. The van der Waals surface area contributed by atoms with Crippen molar-refractivity contribution in [3.05, 3.63) is 72.3 Å². The van der Waals surface area contributed by atoms with Gasteiger partial charge in [-0.05, 0) is 30.0 Å². The number of fused-ring (bicyclic) bond motifs is 1. The molecule has 3 rings (SSSR count). The molecular formula is C17H14O. The molecule has 3 aromatic rings. The lowest BCUT2D eigenvalue weighted by molar-refractivity contribution is 0.484. The van der Waals surface area contributed by atoms with Gasteiger partial charge in [0.1, 0.15) is 11.5 Å². The van der Waals surface area contributed by atoms with E-state index in [9.17, 15) is 0 Å². The maximum Gasteiger partial charge on any atom is 0.135 e. The van der Waals surface area contributed by atoms with Gasteiger partial charge >= 0.3 is 0 Å². The SMILES string of the molecule is Cc1ccccc1Oc1cccc2ccccc12. The number of hydrogen-bond acceptors (Lipinski definition) is 1. The molecule has 0 spiro atoms. The minimum absolute atomic E-state index is 0.905. The van der Waals surface area contributed by atoms with Gasteiger partial charge in [-0.2, -0.15) is 0 Å². The van der Waals surface area contributed by atoms with Crippen LogP contribution in [-0.4, -0.2) is 0 Å². The third-order valence-electron chi connectivity index (χ3n) is 3.06. The Bertz CT molecular complexity index is 681. The summed E-state index contributed by atoms with van der Waals surface area (Å²) in [5.41, 5.74) is 1.14. The van der Waals surface area contributed by atoms with E-state index in [-0.39, 0.29) is 0 Å². The lowest BCUT2D eigenvalue weighted by Crippen LogP contribution is -1.88. The number of benzene rings is 3. The second-order valence-electron chi connectivity index (χ2n) is 4.34. The lowest BCUT2D eigenvalue weighted by atomic mass is 10.1. The Hall–Kier alpha value is -2.28. The van der Waals surface area contributed by atoms with Gasteiger partial charge in [-0.25, -0.2) is 0 Å². The summed E-state index contributed by atoms with van der Waals surface area (Å²) in [6.45, 7) is 2.06. The predicted molar refractivity (Wildman–Crippen MR) is 75.2 cm³/mol. The Morgan fingerprint density at radius 1 is 0.667 bits per heavy atom. The van der Waals surface area contributed by atoms with Gasteiger partial charge in [-0.15, -0.1) is 0 Å². The molecule has 0 saturated heterocycles. The van der Waals surface area contributed by atoms with Crippen molar-refractivity contribution in [2.45, 2.75) is 6.92 Å². The zero-order valence-electron chi connectivity index (χ0n) is 10.3. The smallest absolute Gasteiger partial charge is 0.135 e. The number of para-hydroxylation sites is 1. The van der Waals surface area contributed by atoms with Crippen molar-refractivity contribution >= 4 is 10.8 Å². The van der Waals surface area contributed by atoms with E-state index in [0.717, 1.165) is 22.4 Å². The number of rotatable bonds is 2. The summed E-state index contributed by atoms with van der Waals surface area (Å²) >= 11 is 0. The summed E-state index contributed by atoms with van der Waals surface area (Å²) in [5, 5.41) is 2.34. The summed E-state index contributed by atoms with van der Waals surface area (Å²) in [7, 11) is 0. The van der Waals surface area contributed by atoms with E-state index in [1.165, 1.54) is 5.39 Å².